The summed E-state index contributed by atoms with van der Waals surface area (Å²) in [5, 5.41) is 0. The maximum Gasteiger partial charge on any atom is 0.191 e. The molecule has 0 amide bonds. The lowest BCUT2D eigenvalue weighted by atomic mass is 10.2. The Morgan fingerprint density at radius 3 is 2.29 bits per heavy atom. The summed E-state index contributed by atoms with van der Waals surface area (Å²) in [6, 6.07) is 3.33. The summed E-state index contributed by atoms with van der Waals surface area (Å²) in [6.45, 7) is 7.45. The van der Waals surface area contributed by atoms with Gasteiger partial charge >= 0.3 is 0 Å². The zero-order valence-corrected chi connectivity index (χ0v) is 14.1. The summed E-state index contributed by atoms with van der Waals surface area (Å²) in [4.78, 5) is 10.9. The quantitative estimate of drug-likeness (QED) is 0.472. The largest absolute Gasteiger partial charge is 0.490 e. The van der Waals surface area contributed by atoms with Gasteiger partial charge in [-0.25, -0.2) is 0 Å². The van der Waals surface area contributed by atoms with Crippen molar-refractivity contribution in [2.45, 2.75) is 27.1 Å². The van der Waals surface area contributed by atoms with Gasteiger partial charge in [-0.15, -0.1) is 0 Å². The van der Waals surface area contributed by atoms with Crippen LogP contribution in [0.2, 0.25) is 0 Å². The topological polar surface area (TPSA) is 54.0 Å². The molecular formula is C15H21BrO5. The maximum atomic E-state index is 10.9. The molecule has 5 nitrogen and oxygen atoms in total. The molecule has 0 unspecified atom stereocenters. The van der Waals surface area contributed by atoms with Crippen LogP contribution in [-0.2, 0) is 9.47 Å². The van der Waals surface area contributed by atoms with E-state index in [0.29, 0.717) is 41.4 Å². The molecule has 0 aliphatic carbocycles. The molecule has 21 heavy (non-hydrogen) atoms. The molecule has 118 valence electrons. The number of halogens is 1. The van der Waals surface area contributed by atoms with Gasteiger partial charge in [0, 0.05) is 18.8 Å². The molecule has 0 aliphatic rings. The number of hydrogen-bond acceptors (Lipinski definition) is 5. The number of benzene rings is 1. The van der Waals surface area contributed by atoms with Crippen LogP contribution in [0.4, 0.5) is 0 Å². The van der Waals surface area contributed by atoms with Gasteiger partial charge < -0.3 is 18.9 Å². The van der Waals surface area contributed by atoms with Crippen LogP contribution in [0.1, 0.15) is 31.1 Å². The number of aldehydes is 1. The summed E-state index contributed by atoms with van der Waals surface area (Å²) in [6.07, 6.45) is 0.326. The predicted octanol–water partition coefficient (Wildman–Crippen LogP) is 3.44. The average Bonchev–Trinajstić information content (AvgIpc) is 2.46. The van der Waals surface area contributed by atoms with Crippen molar-refractivity contribution < 1.29 is 23.7 Å². The van der Waals surface area contributed by atoms with E-state index in [1.54, 1.807) is 12.1 Å². The summed E-state index contributed by atoms with van der Waals surface area (Å²) in [7, 11) is 0. The summed E-state index contributed by atoms with van der Waals surface area (Å²) >= 11 is 3.39. The van der Waals surface area contributed by atoms with Gasteiger partial charge in [0.05, 0.1) is 11.1 Å². The molecule has 0 fully saturated rings. The summed E-state index contributed by atoms with van der Waals surface area (Å²) in [5.41, 5.74) is 0.517. The normalized spacial score (nSPS) is 10.7. The van der Waals surface area contributed by atoms with Crippen molar-refractivity contribution in [2.75, 3.05) is 26.4 Å². The van der Waals surface area contributed by atoms with Crippen LogP contribution in [0.25, 0.3) is 0 Å². The van der Waals surface area contributed by atoms with Gasteiger partial charge in [-0.3, -0.25) is 4.79 Å². The van der Waals surface area contributed by atoms with E-state index in [4.69, 9.17) is 18.9 Å². The molecule has 0 N–H and O–H groups in total. The van der Waals surface area contributed by atoms with Gasteiger partial charge in [-0.2, -0.15) is 0 Å². The Labute approximate surface area is 133 Å². The molecule has 1 aromatic rings. The second-order valence-electron chi connectivity index (χ2n) is 4.03. The SMILES string of the molecule is CCOc1cc(C=O)cc(Br)c1OCC(OCC)OCC. The fourth-order valence-electron chi connectivity index (χ4n) is 1.73. The molecule has 0 radical (unpaired) electrons. The molecule has 0 aromatic heterocycles. The molecule has 0 bridgehead atoms. The third-order valence-electron chi connectivity index (χ3n) is 2.54. The minimum Gasteiger partial charge on any atom is -0.490 e. The van der Waals surface area contributed by atoms with E-state index >= 15 is 0 Å². The van der Waals surface area contributed by atoms with Crippen molar-refractivity contribution in [3.8, 4) is 11.5 Å². The lowest BCUT2D eigenvalue weighted by Gasteiger charge is -2.19. The minimum absolute atomic E-state index is 0.237. The predicted molar refractivity (Wildman–Crippen MR) is 83.2 cm³/mol. The highest BCUT2D eigenvalue weighted by Gasteiger charge is 2.15. The van der Waals surface area contributed by atoms with Gasteiger partial charge in [0.25, 0.3) is 0 Å². The van der Waals surface area contributed by atoms with Crippen LogP contribution in [0.15, 0.2) is 16.6 Å². The molecule has 0 atom stereocenters. The van der Waals surface area contributed by atoms with E-state index in [1.807, 2.05) is 20.8 Å². The van der Waals surface area contributed by atoms with Crippen LogP contribution in [-0.4, -0.2) is 39.0 Å². The standard InChI is InChI=1S/C15H21BrO5/c1-4-18-13-8-11(9-17)7-12(16)15(13)21-10-14(19-5-2)20-6-3/h7-9,14H,4-6,10H2,1-3H3. The molecule has 0 heterocycles. The lowest BCUT2D eigenvalue weighted by Crippen LogP contribution is -2.25. The molecule has 1 rings (SSSR count). The molecule has 0 spiro atoms. The molecule has 1 aromatic carbocycles. The maximum absolute atomic E-state index is 10.9. The Kier molecular flexibility index (Phi) is 8.34. The van der Waals surface area contributed by atoms with Crippen molar-refractivity contribution in [2.24, 2.45) is 0 Å². The first-order valence-corrected chi connectivity index (χ1v) is 7.72. The van der Waals surface area contributed by atoms with Crippen molar-refractivity contribution >= 4 is 22.2 Å². The van der Waals surface area contributed by atoms with Crippen molar-refractivity contribution in [1.29, 1.82) is 0 Å². The summed E-state index contributed by atoms with van der Waals surface area (Å²) in [5.74, 6) is 1.05. The Balaban J connectivity index is 2.87. The van der Waals surface area contributed by atoms with Crippen molar-refractivity contribution in [3.63, 3.8) is 0 Å². The number of rotatable bonds is 10. The first-order chi connectivity index (χ1) is 10.2. The fourth-order valence-corrected chi connectivity index (χ4v) is 2.30. The zero-order valence-electron chi connectivity index (χ0n) is 12.6. The third kappa shape index (κ3) is 5.65. The number of carbonyl (C=O) groups excluding carboxylic acids is 1. The van der Waals surface area contributed by atoms with E-state index in [1.165, 1.54) is 0 Å². The number of carbonyl (C=O) groups is 1. The van der Waals surface area contributed by atoms with Gasteiger partial charge in [-0.1, -0.05) is 0 Å². The van der Waals surface area contributed by atoms with E-state index in [-0.39, 0.29) is 6.61 Å². The van der Waals surface area contributed by atoms with Crippen LogP contribution in [0.5, 0.6) is 11.5 Å². The van der Waals surface area contributed by atoms with Gasteiger partial charge in [0.2, 0.25) is 0 Å². The Morgan fingerprint density at radius 2 is 1.76 bits per heavy atom. The lowest BCUT2D eigenvalue weighted by molar-refractivity contribution is -0.152. The highest BCUT2D eigenvalue weighted by molar-refractivity contribution is 9.10. The van der Waals surface area contributed by atoms with E-state index in [9.17, 15) is 4.79 Å². The van der Waals surface area contributed by atoms with Crippen LogP contribution in [0, 0.1) is 0 Å². The Hall–Kier alpha value is -1.11. The monoisotopic (exact) mass is 360 g/mol. The van der Waals surface area contributed by atoms with E-state index in [2.05, 4.69) is 15.9 Å². The van der Waals surface area contributed by atoms with E-state index < -0.39 is 6.29 Å². The molecule has 0 aliphatic heterocycles. The van der Waals surface area contributed by atoms with Crippen molar-refractivity contribution in [1.82, 2.24) is 0 Å². The third-order valence-corrected chi connectivity index (χ3v) is 3.13. The van der Waals surface area contributed by atoms with Crippen LogP contribution >= 0.6 is 15.9 Å². The van der Waals surface area contributed by atoms with Gasteiger partial charge in [-0.05, 0) is 48.8 Å². The fraction of sp³-hybridized carbons (Fsp3) is 0.533. The zero-order chi connectivity index (χ0) is 15.7. The second kappa shape index (κ2) is 9.76. The van der Waals surface area contributed by atoms with Crippen LogP contribution < -0.4 is 9.47 Å². The number of ether oxygens (including phenoxy) is 4. The smallest absolute Gasteiger partial charge is 0.191 e. The average molecular weight is 361 g/mol. The Bertz CT molecular complexity index is 444. The number of hydrogen-bond donors (Lipinski definition) is 0. The second-order valence-corrected chi connectivity index (χ2v) is 4.89. The first-order valence-electron chi connectivity index (χ1n) is 6.93. The van der Waals surface area contributed by atoms with Crippen LogP contribution in [0.3, 0.4) is 0 Å². The highest BCUT2D eigenvalue weighted by Crippen LogP contribution is 2.36. The molecule has 0 saturated heterocycles. The molecule has 0 saturated carbocycles. The van der Waals surface area contributed by atoms with Crippen molar-refractivity contribution in [3.05, 3.63) is 22.2 Å². The van der Waals surface area contributed by atoms with E-state index in [0.717, 1.165) is 6.29 Å². The highest BCUT2D eigenvalue weighted by atomic mass is 79.9. The van der Waals surface area contributed by atoms with Gasteiger partial charge in [0.1, 0.15) is 12.9 Å². The first kappa shape index (κ1) is 17.9. The molecule has 6 heteroatoms. The molecular weight excluding hydrogens is 340 g/mol. The minimum atomic E-state index is -0.438. The van der Waals surface area contributed by atoms with Gasteiger partial charge in [0.15, 0.2) is 17.8 Å². The summed E-state index contributed by atoms with van der Waals surface area (Å²) < 4.78 is 22.8. The Morgan fingerprint density at radius 1 is 1.10 bits per heavy atom.